The van der Waals surface area contributed by atoms with E-state index in [0.29, 0.717) is 17.9 Å². The molecule has 1 aliphatic rings. The van der Waals surface area contributed by atoms with Crippen molar-refractivity contribution in [1.29, 1.82) is 0 Å². The summed E-state index contributed by atoms with van der Waals surface area (Å²) in [6, 6.07) is 6.94. The molecular formula is C19H26N2O5. The van der Waals surface area contributed by atoms with Crippen LogP contribution in [0, 0.1) is 0 Å². The van der Waals surface area contributed by atoms with Crippen molar-refractivity contribution < 1.29 is 23.9 Å². The Labute approximate surface area is 153 Å². The lowest BCUT2D eigenvalue weighted by Crippen LogP contribution is -2.45. The Morgan fingerprint density at radius 1 is 1.23 bits per heavy atom. The highest BCUT2D eigenvalue weighted by Crippen LogP contribution is 2.19. The van der Waals surface area contributed by atoms with Crippen molar-refractivity contribution in [2.24, 2.45) is 0 Å². The SMILES string of the molecule is CC[C@H]1CCCCN1C(=O)COC(=O)CNC(=O)c1ccccc1OC. The van der Waals surface area contributed by atoms with Crippen LogP contribution in [-0.2, 0) is 14.3 Å². The van der Waals surface area contributed by atoms with Crippen LogP contribution < -0.4 is 10.1 Å². The molecule has 1 atom stereocenters. The monoisotopic (exact) mass is 362 g/mol. The lowest BCUT2D eigenvalue weighted by Gasteiger charge is -2.35. The van der Waals surface area contributed by atoms with E-state index in [1.54, 1.807) is 29.2 Å². The molecule has 1 aromatic carbocycles. The molecule has 0 saturated carbocycles. The van der Waals surface area contributed by atoms with Crippen molar-refractivity contribution in [3.63, 3.8) is 0 Å². The van der Waals surface area contributed by atoms with Gasteiger partial charge in [0.2, 0.25) is 0 Å². The van der Waals surface area contributed by atoms with Gasteiger partial charge in [0.15, 0.2) is 6.61 Å². The van der Waals surface area contributed by atoms with Crippen molar-refractivity contribution in [2.45, 2.75) is 38.6 Å². The first-order valence-corrected chi connectivity index (χ1v) is 8.93. The Hall–Kier alpha value is -2.57. The normalized spacial score (nSPS) is 16.7. The minimum atomic E-state index is -0.647. The molecule has 1 heterocycles. The minimum Gasteiger partial charge on any atom is -0.496 e. The lowest BCUT2D eigenvalue weighted by molar-refractivity contribution is -0.152. The van der Waals surface area contributed by atoms with E-state index in [4.69, 9.17) is 9.47 Å². The van der Waals surface area contributed by atoms with Gasteiger partial charge >= 0.3 is 5.97 Å². The molecule has 0 unspecified atom stereocenters. The summed E-state index contributed by atoms with van der Waals surface area (Å²) in [5.41, 5.74) is 0.331. The number of benzene rings is 1. The predicted octanol–water partition coefficient (Wildman–Crippen LogP) is 1.76. The highest BCUT2D eigenvalue weighted by molar-refractivity contribution is 5.98. The molecule has 1 N–H and O–H groups in total. The molecule has 26 heavy (non-hydrogen) atoms. The van der Waals surface area contributed by atoms with E-state index in [1.165, 1.54) is 7.11 Å². The molecule has 7 nitrogen and oxygen atoms in total. The molecule has 0 radical (unpaired) electrons. The Morgan fingerprint density at radius 2 is 2.00 bits per heavy atom. The van der Waals surface area contributed by atoms with Crippen LogP contribution in [0.3, 0.4) is 0 Å². The van der Waals surface area contributed by atoms with E-state index in [2.05, 4.69) is 12.2 Å². The molecule has 7 heteroatoms. The number of hydrogen-bond donors (Lipinski definition) is 1. The van der Waals surface area contributed by atoms with Gasteiger partial charge in [-0.15, -0.1) is 0 Å². The van der Waals surface area contributed by atoms with Gasteiger partial charge in [0, 0.05) is 12.6 Å². The Morgan fingerprint density at radius 3 is 2.73 bits per heavy atom. The highest BCUT2D eigenvalue weighted by Gasteiger charge is 2.26. The molecule has 0 bridgehead atoms. The number of nitrogens with zero attached hydrogens (tertiary/aromatic N) is 1. The van der Waals surface area contributed by atoms with Gasteiger partial charge in [0.05, 0.1) is 12.7 Å². The van der Waals surface area contributed by atoms with E-state index in [9.17, 15) is 14.4 Å². The zero-order valence-electron chi connectivity index (χ0n) is 15.3. The number of likely N-dealkylation sites (tertiary alicyclic amines) is 1. The second-order valence-electron chi connectivity index (χ2n) is 6.19. The van der Waals surface area contributed by atoms with Crippen LogP contribution in [0.2, 0.25) is 0 Å². The van der Waals surface area contributed by atoms with Gasteiger partial charge in [-0.25, -0.2) is 0 Å². The average Bonchev–Trinajstić information content (AvgIpc) is 2.69. The second-order valence-corrected chi connectivity index (χ2v) is 6.19. The first-order valence-electron chi connectivity index (χ1n) is 8.93. The van der Waals surface area contributed by atoms with E-state index in [1.807, 2.05) is 0 Å². The molecule has 1 aromatic rings. The molecule has 1 fully saturated rings. The van der Waals surface area contributed by atoms with Gasteiger partial charge in [-0.1, -0.05) is 19.1 Å². The largest absolute Gasteiger partial charge is 0.496 e. The molecule has 142 valence electrons. The van der Waals surface area contributed by atoms with Crippen molar-refractivity contribution in [3.8, 4) is 5.75 Å². The van der Waals surface area contributed by atoms with Crippen LogP contribution >= 0.6 is 0 Å². The summed E-state index contributed by atoms with van der Waals surface area (Å²) in [4.78, 5) is 38.0. The summed E-state index contributed by atoms with van der Waals surface area (Å²) in [7, 11) is 1.47. The van der Waals surface area contributed by atoms with E-state index in [0.717, 1.165) is 25.7 Å². The molecular weight excluding hydrogens is 336 g/mol. The van der Waals surface area contributed by atoms with Crippen LogP contribution in [-0.4, -0.2) is 55.5 Å². The van der Waals surface area contributed by atoms with Crippen LogP contribution in [0.25, 0.3) is 0 Å². The van der Waals surface area contributed by atoms with Crippen LogP contribution in [0.15, 0.2) is 24.3 Å². The van der Waals surface area contributed by atoms with Gasteiger partial charge in [-0.05, 0) is 37.8 Å². The Balaban J connectivity index is 1.78. The summed E-state index contributed by atoms with van der Waals surface area (Å²) in [6.07, 6.45) is 3.99. The molecule has 0 spiro atoms. The van der Waals surface area contributed by atoms with Crippen LogP contribution in [0.1, 0.15) is 43.0 Å². The molecule has 2 rings (SSSR count). The van der Waals surface area contributed by atoms with Crippen LogP contribution in [0.4, 0.5) is 0 Å². The fourth-order valence-corrected chi connectivity index (χ4v) is 3.11. The number of piperidine rings is 1. The van der Waals surface area contributed by atoms with Gasteiger partial charge in [-0.2, -0.15) is 0 Å². The highest BCUT2D eigenvalue weighted by atomic mass is 16.5. The third-order valence-corrected chi connectivity index (χ3v) is 4.52. The van der Waals surface area contributed by atoms with Crippen molar-refractivity contribution in [1.82, 2.24) is 10.2 Å². The molecule has 1 saturated heterocycles. The van der Waals surface area contributed by atoms with E-state index >= 15 is 0 Å². The summed E-state index contributed by atoms with van der Waals surface area (Å²) >= 11 is 0. The number of methoxy groups -OCH3 is 1. The van der Waals surface area contributed by atoms with Gasteiger partial charge in [-0.3, -0.25) is 14.4 Å². The maximum Gasteiger partial charge on any atom is 0.325 e. The standard InChI is InChI=1S/C19H26N2O5/c1-3-14-8-6-7-11-21(14)17(22)13-26-18(23)12-20-19(24)15-9-4-5-10-16(15)25-2/h4-5,9-10,14H,3,6-8,11-13H2,1-2H3,(H,20,24)/t14-/m0/s1. The van der Waals surface area contributed by atoms with Crippen molar-refractivity contribution in [2.75, 3.05) is 26.8 Å². The smallest absolute Gasteiger partial charge is 0.325 e. The Bertz CT molecular complexity index is 647. The molecule has 0 aromatic heterocycles. The number of ether oxygens (including phenoxy) is 2. The Kier molecular flexibility index (Phi) is 7.44. The number of carbonyl (C=O) groups is 3. The van der Waals surface area contributed by atoms with Gasteiger partial charge in [0.1, 0.15) is 12.3 Å². The van der Waals surface area contributed by atoms with E-state index < -0.39 is 11.9 Å². The maximum absolute atomic E-state index is 12.3. The number of carbonyl (C=O) groups excluding carboxylic acids is 3. The number of nitrogens with one attached hydrogen (secondary N) is 1. The fourth-order valence-electron chi connectivity index (χ4n) is 3.11. The zero-order chi connectivity index (χ0) is 18.9. The third-order valence-electron chi connectivity index (χ3n) is 4.52. The fraction of sp³-hybridized carbons (Fsp3) is 0.526. The number of rotatable bonds is 7. The minimum absolute atomic E-state index is 0.180. The first-order chi connectivity index (χ1) is 12.6. The van der Waals surface area contributed by atoms with Crippen molar-refractivity contribution in [3.05, 3.63) is 29.8 Å². The van der Waals surface area contributed by atoms with Crippen LogP contribution in [0.5, 0.6) is 5.75 Å². The number of para-hydroxylation sites is 1. The summed E-state index contributed by atoms with van der Waals surface area (Å²) in [5.74, 6) is -0.843. The summed E-state index contributed by atoms with van der Waals surface area (Å²) in [5, 5.41) is 2.48. The number of hydrogen-bond acceptors (Lipinski definition) is 5. The maximum atomic E-state index is 12.3. The van der Waals surface area contributed by atoms with Crippen molar-refractivity contribution >= 4 is 17.8 Å². The summed E-state index contributed by atoms with van der Waals surface area (Å²) in [6.45, 7) is 2.16. The molecule has 2 amide bonds. The third kappa shape index (κ3) is 5.21. The second kappa shape index (κ2) is 9.79. The van der Waals surface area contributed by atoms with E-state index in [-0.39, 0.29) is 25.1 Å². The quantitative estimate of drug-likeness (QED) is 0.747. The molecule has 0 aliphatic carbocycles. The zero-order valence-corrected chi connectivity index (χ0v) is 15.3. The predicted molar refractivity (Wildman–Crippen MR) is 95.9 cm³/mol. The number of amides is 2. The topological polar surface area (TPSA) is 84.9 Å². The molecule has 1 aliphatic heterocycles. The lowest BCUT2D eigenvalue weighted by atomic mass is 10.00. The first kappa shape index (κ1) is 19.8. The van der Waals surface area contributed by atoms with Gasteiger partial charge < -0.3 is 19.7 Å². The summed E-state index contributed by atoms with van der Waals surface area (Å²) < 4.78 is 10.1. The van der Waals surface area contributed by atoms with Gasteiger partial charge in [0.25, 0.3) is 11.8 Å². The number of esters is 1. The average molecular weight is 362 g/mol.